The molecule has 0 atom stereocenters. The Morgan fingerprint density at radius 2 is 2.40 bits per heavy atom. The van der Waals surface area contributed by atoms with Crippen molar-refractivity contribution in [1.29, 1.82) is 0 Å². The minimum Gasteiger partial charge on any atom is -0.362 e. The summed E-state index contributed by atoms with van der Waals surface area (Å²) in [4.78, 5) is 10.3. The molecule has 1 aliphatic carbocycles. The Bertz CT molecular complexity index is 395. The summed E-state index contributed by atoms with van der Waals surface area (Å²) >= 11 is 0. The van der Waals surface area contributed by atoms with E-state index in [0.717, 1.165) is 6.54 Å². The highest BCUT2D eigenvalue weighted by atomic mass is 16.6. The molecule has 0 aliphatic heterocycles. The van der Waals surface area contributed by atoms with E-state index in [2.05, 4.69) is 17.3 Å². The minimum atomic E-state index is -0.412. The summed E-state index contributed by atoms with van der Waals surface area (Å²) in [5.74, 6) is 0.371. The minimum absolute atomic E-state index is 0.0433. The quantitative estimate of drug-likeness (QED) is 0.604. The predicted octanol–water partition coefficient (Wildman–Crippen LogP) is 1.54. The first-order chi connectivity index (χ1) is 7.00. The lowest BCUT2D eigenvalue weighted by molar-refractivity contribution is -0.384. The number of aromatic nitrogens is 2. The molecule has 2 rings (SSSR count). The second-order valence-electron chi connectivity index (χ2n) is 4.46. The monoisotopic (exact) mass is 210 g/mol. The van der Waals surface area contributed by atoms with Gasteiger partial charge in [-0.25, -0.2) is 0 Å². The van der Waals surface area contributed by atoms with E-state index in [4.69, 9.17) is 0 Å². The first-order valence-electron chi connectivity index (χ1n) is 4.92. The number of hydrogen-bond donors (Lipinski definition) is 1. The molecule has 1 heterocycles. The number of anilines is 1. The summed E-state index contributed by atoms with van der Waals surface area (Å²) in [5.41, 5.74) is 0.354. The molecule has 1 aromatic rings. The van der Waals surface area contributed by atoms with E-state index in [1.807, 2.05) is 0 Å². The molecule has 1 aliphatic rings. The van der Waals surface area contributed by atoms with Crippen LogP contribution >= 0.6 is 0 Å². The van der Waals surface area contributed by atoms with Crippen molar-refractivity contribution in [3.05, 3.63) is 16.3 Å². The molecule has 0 aromatic carbocycles. The van der Waals surface area contributed by atoms with E-state index in [1.165, 1.54) is 23.7 Å². The van der Waals surface area contributed by atoms with Gasteiger partial charge in [0.2, 0.25) is 5.82 Å². The van der Waals surface area contributed by atoms with Crippen molar-refractivity contribution in [2.24, 2.45) is 12.5 Å². The van der Waals surface area contributed by atoms with E-state index in [0.29, 0.717) is 11.2 Å². The van der Waals surface area contributed by atoms with E-state index in [9.17, 15) is 10.1 Å². The molecule has 1 saturated carbocycles. The van der Waals surface area contributed by atoms with Crippen LogP contribution in [-0.2, 0) is 7.05 Å². The van der Waals surface area contributed by atoms with Crippen molar-refractivity contribution in [3.8, 4) is 0 Å². The third kappa shape index (κ3) is 2.08. The molecule has 0 unspecified atom stereocenters. The van der Waals surface area contributed by atoms with Gasteiger partial charge in [-0.05, 0) is 18.3 Å². The fraction of sp³-hybridized carbons (Fsp3) is 0.667. The number of nitrogens with one attached hydrogen (secondary N) is 1. The van der Waals surface area contributed by atoms with Gasteiger partial charge in [0, 0.05) is 13.6 Å². The van der Waals surface area contributed by atoms with Crippen LogP contribution in [0.25, 0.3) is 0 Å². The number of hydrogen-bond acceptors (Lipinski definition) is 4. The normalized spacial score (nSPS) is 17.5. The Labute approximate surface area is 87.4 Å². The van der Waals surface area contributed by atoms with Crippen molar-refractivity contribution in [1.82, 2.24) is 9.78 Å². The van der Waals surface area contributed by atoms with E-state index in [1.54, 1.807) is 7.05 Å². The zero-order valence-corrected chi connectivity index (χ0v) is 8.86. The molecule has 0 amide bonds. The number of rotatable bonds is 4. The van der Waals surface area contributed by atoms with E-state index >= 15 is 0 Å². The van der Waals surface area contributed by atoms with Crippen molar-refractivity contribution < 1.29 is 4.92 Å². The van der Waals surface area contributed by atoms with Crippen molar-refractivity contribution >= 4 is 11.5 Å². The summed E-state index contributed by atoms with van der Waals surface area (Å²) in [5, 5.41) is 17.8. The fourth-order valence-electron chi connectivity index (χ4n) is 1.42. The highest BCUT2D eigenvalue weighted by Gasteiger charge is 2.37. The highest BCUT2D eigenvalue weighted by Crippen LogP contribution is 2.45. The first-order valence-corrected chi connectivity index (χ1v) is 4.92. The number of aryl methyl sites for hydroxylation is 1. The molecule has 0 bridgehead atoms. The summed E-state index contributed by atoms with van der Waals surface area (Å²) in [7, 11) is 1.68. The van der Waals surface area contributed by atoms with E-state index < -0.39 is 4.92 Å². The van der Waals surface area contributed by atoms with Crippen LogP contribution in [0.3, 0.4) is 0 Å². The molecular weight excluding hydrogens is 196 g/mol. The van der Waals surface area contributed by atoms with Crippen LogP contribution in [0, 0.1) is 15.5 Å². The van der Waals surface area contributed by atoms with Gasteiger partial charge in [-0.15, -0.1) is 5.10 Å². The largest absolute Gasteiger partial charge is 0.362 e. The zero-order chi connectivity index (χ0) is 11.1. The average molecular weight is 210 g/mol. The topological polar surface area (TPSA) is 73.0 Å². The van der Waals surface area contributed by atoms with Gasteiger partial charge < -0.3 is 5.32 Å². The summed E-state index contributed by atoms with van der Waals surface area (Å²) < 4.78 is 1.45. The Kier molecular flexibility index (Phi) is 2.13. The van der Waals surface area contributed by atoms with Gasteiger partial charge in [-0.2, -0.15) is 0 Å². The zero-order valence-electron chi connectivity index (χ0n) is 8.86. The molecule has 0 radical (unpaired) electrons. The Morgan fingerprint density at radius 1 is 1.73 bits per heavy atom. The van der Waals surface area contributed by atoms with Gasteiger partial charge in [0.05, 0.1) is 4.92 Å². The predicted molar refractivity (Wildman–Crippen MR) is 55.7 cm³/mol. The third-order valence-corrected chi connectivity index (χ3v) is 2.79. The standard InChI is InChI=1S/C9H14N4O2/c1-9(3-4-9)6-10-8-7(13(14)15)5-12(2)11-8/h5H,3-4,6H2,1-2H3,(H,10,11). The summed E-state index contributed by atoms with van der Waals surface area (Å²) in [6.07, 6.45) is 3.78. The Hall–Kier alpha value is -1.59. The van der Waals surface area contributed by atoms with Gasteiger partial charge in [0.1, 0.15) is 6.20 Å². The van der Waals surface area contributed by atoms with Gasteiger partial charge in [-0.1, -0.05) is 6.92 Å². The van der Waals surface area contributed by atoms with Gasteiger partial charge >= 0.3 is 5.69 Å². The van der Waals surface area contributed by atoms with Crippen molar-refractivity contribution in [2.45, 2.75) is 19.8 Å². The maximum atomic E-state index is 10.7. The molecule has 0 spiro atoms. The van der Waals surface area contributed by atoms with Gasteiger partial charge in [0.25, 0.3) is 0 Å². The second kappa shape index (κ2) is 3.22. The smallest absolute Gasteiger partial charge is 0.330 e. The molecule has 82 valence electrons. The maximum Gasteiger partial charge on any atom is 0.330 e. The lowest BCUT2D eigenvalue weighted by atomic mass is 10.1. The van der Waals surface area contributed by atoms with Crippen LogP contribution in [0.15, 0.2) is 6.20 Å². The third-order valence-electron chi connectivity index (χ3n) is 2.79. The van der Waals surface area contributed by atoms with Crippen molar-refractivity contribution in [2.75, 3.05) is 11.9 Å². The maximum absolute atomic E-state index is 10.7. The molecule has 1 aromatic heterocycles. The number of nitro groups is 1. The molecule has 15 heavy (non-hydrogen) atoms. The molecule has 6 heteroatoms. The average Bonchev–Trinajstić information content (AvgIpc) is 2.75. The highest BCUT2D eigenvalue weighted by molar-refractivity contribution is 5.54. The molecule has 1 N–H and O–H groups in total. The van der Waals surface area contributed by atoms with Crippen LogP contribution < -0.4 is 5.32 Å². The van der Waals surface area contributed by atoms with Crippen LogP contribution in [0.2, 0.25) is 0 Å². The molecule has 0 saturated heterocycles. The SMILES string of the molecule is Cn1cc([N+](=O)[O-])c(NCC2(C)CC2)n1. The second-order valence-corrected chi connectivity index (χ2v) is 4.46. The van der Waals surface area contributed by atoms with Crippen LogP contribution in [-0.4, -0.2) is 21.2 Å². The molecular formula is C9H14N4O2. The molecule has 1 fully saturated rings. The van der Waals surface area contributed by atoms with Crippen molar-refractivity contribution in [3.63, 3.8) is 0 Å². The van der Waals surface area contributed by atoms with Gasteiger partial charge in [-0.3, -0.25) is 14.8 Å². The van der Waals surface area contributed by atoms with Crippen LogP contribution in [0.5, 0.6) is 0 Å². The summed E-state index contributed by atoms with van der Waals surface area (Å²) in [6, 6.07) is 0. The Balaban J connectivity index is 2.09. The van der Waals surface area contributed by atoms with Crippen LogP contribution in [0.1, 0.15) is 19.8 Å². The number of nitrogens with zero attached hydrogens (tertiary/aromatic N) is 3. The first kappa shape index (κ1) is 9.95. The van der Waals surface area contributed by atoms with Crippen LogP contribution in [0.4, 0.5) is 11.5 Å². The van der Waals surface area contributed by atoms with Gasteiger partial charge in [0.15, 0.2) is 0 Å². The fourth-order valence-corrected chi connectivity index (χ4v) is 1.42. The molecule has 6 nitrogen and oxygen atoms in total. The van der Waals surface area contributed by atoms with E-state index in [-0.39, 0.29) is 5.69 Å². The lowest BCUT2D eigenvalue weighted by Crippen LogP contribution is -2.13. The Morgan fingerprint density at radius 3 is 2.93 bits per heavy atom. The lowest BCUT2D eigenvalue weighted by Gasteiger charge is -2.07. The summed E-state index contributed by atoms with van der Waals surface area (Å²) in [6.45, 7) is 2.92.